The molecule has 0 unspecified atom stereocenters. The van der Waals surface area contributed by atoms with Crippen LogP contribution in [0.1, 0.15) is 31.2 Å². The molecular formula is C26H33ClF3N7O2. The summed E-state index contributed by atoms with van der Waals surface area (Å²) in [5.74, 6) is -0.441. The summed E-state index contributed by atoms with van der Waals surface area (Å²) in [6, 6.07) is 6.69. The quantitative estimate of drug-likeness (QED) is 0.459. The maximum Gasteiger partial charge on any atom is 0.421 e. The predicted molar refractivity (Wildman–Crippen MR) is 144 cm³/mol. The highest BCUT2D eigenvalue weighted by atomic mass is 35.5. The Morgan fingerprint density at radius 3 is 2.69 bits per heavy atom. The van der Waals surface area contributed by atoms with Crippen LogP contribution in [0, 0.1) is 0 Å². The smallest absolute Gasteiger partial charge is 0.372 e. The molecule has 5 rings (SSSR count). The van der Waals surface area contributed by atoms with Crippen LogP contribution in [-0.4, -0.2) is 90.7 Å². The van der Waals surface area contributed by atoms with Gasteiger partial charge in [0.25, 0.3) is 0 Å². The Kier molecular flexibility index (Phi) is 8.34. The number of fused-ring (bicyclic) bond motifs is 2. The number of alkyl halides is 3. The molecule has 1 aromatic heterocycles. The lowest BCUT2D eigenvalue weighted by Gasteiger charge is -2.40. The summed E-state index contributed by atoms with van der Waals surface area (Å²) in [6.45, 7) is 3.63. The number of nitrogens with zero attached hydrogens (tertiary/aromatic N) is 5. The molecular weight excluding hydrogens is 535 g/mol. The SMILES string of the molecule is CN1[C@@H]2CC[C@H]1CN(c1ccc(Nc3ncc(C(F)(F)F)c(NCCCN4CCCOCC4=O)n3)c(Cl)c1)C2. The van der Waals surface area contributed by atoms with E-state index in [9.17, 15) is 18.0 Å². The first-order valence-electron chi connectivity index (χ1n) is 13.3. The molecule has 2 bridgehead atoms. The van der Waals surface area contributed by atoms with Gasteiger partial charge in [0.05, 0.1) is 10.7 Å². The number of ether oxygens (including phenoxy) is 1. The van der Waals surface area contributed by atoms with Crippen LogP contribution < -0.4 is 15.5 Å². The minimum Gasteiger partial charge on any atom is -0.372 e. The van der Waals surface area contributed by atoms with Gasteiger partial charge in [-0.2, -0.15) is 18.2 Å². The first-order valence-corrected chi connectivity index (χ1v) is 13.6. The second-order valence-corrected chi connectivity index (χ2v) is 10.7. The lowest BCUT2D eigenvalue weighted by atomic mass is 10.1. The van der Waals surface area contributed by atoms with Gasteiger partial charge in [-0.25, -0.2) is 4.98 Å². The number of amides is 1. The normalized spacial score (nSPS) is 22.2. The van der Waals surface area contributed by atoms with Crippen molar-refractivity contribution in [1.29, 1.82) is 0 Å². The van der Waals surface area contributed by atoms with Gasteiger partial charge in [0.15, 0.2) is 0 Å². The van der Waals surface area contributed by atoms with E-state index in [1.807, 2.05) is 12.1 Å². The first kappa shape index (κ1) is 27.7. The fraction of sp³-hybridized carbons (Fsp3) is 0.577. The zero-order valence-electron chi connectivity index (χ0n) is 21.8. The average molecular weight is 568 g/mol. The van der Waals surface area contributed by atoms with Crippen LogP contribution in [0.5, 0.6) is 0 Å². The molecule has 1 aromatic carbocycles. The molecule has 2 N–H and O–H groups in total. The molecule has 1 amide bonds. The average Bonchev–Trinajstić information content (AvgIpc) is 3.06. The van der Waals surface area contributed by atoms with Crippen LogP contribution in [0.25, 0.3) is 0 Å². The fourth-order valence-electron chi connectivity index (χ4n) is 5.48. The topological polar surface area (TPSA) is 85.9 Å². The zero-order chi connectivity index (χ0) is 27.6. The van der Waals surface area contributed by atoms with Crippen molar-refractivity contribution in [2.75, 3.05) is 68.5 Å². The number of likely N-dealkylation sites (N-methyl/N-ethyl adjacent to an activating group) is 1. The number of hydrogen-bond acceptors (Lipinski definition) is 8. The Morgan fingerprint density at radius 2 is 1.97 bits per heavy atom. The summed E-state index contributed by atoms with van der Waals surface area (Å²) in [6.07, 6.45) is -0.290. The van der Waals surface area contributed by atoms with E-state index in [2.05, 4.69) is 37.4 Å². The van der Waals surface area contributed by atoms with E-state index in [-0.39, 0.29) is 30.8 Å². The summed E-state index contributed by atoms with van der Waals surface area (Å²) in [5, 5.41) is 6.17. The van der Waals surface area contributed by atoms with Gasteiger partial charge < -0.3 is 25.2 Å². The second kappa shape index (κ2) is 11.7. The summed E-state index contributed by atoms with van der Waals surface area (Å²) >= 11 is 6.57. The molecule has 39 heavy (non-hydrogen) atoms. The molecule has 3 aliphatic heterocycles. The van der Waals surface area contributed by atoms with Crippen LogP contribution in [0.2, 0.25) is 5.02 Å². The molecule has 13 heteroatoms. The third-order valence-electron chi connectivity index (χ3n) is 7.70. The minimum absolute atomic E-state index is 0.00219. The van der Waals surface area contributed by atoms with Crippen LogP contribution >= 0.6 is 11.6 Å². The molecule has 2 aromatic rings. The maximum absolute atomic E-state index is 13.6. The minimum atomic E-state index is -4.62. The number of nitrogens with one attached hydrogen (secondary N) is 2. The van der Waals surface area contributed by atoms with Gasteiger partial charge in [-0.3, -0.25) is 9.69 Å². The van der Waals surface area contributed by atoms with Gasteiger partial charge in [-0.15, -0.1) is 0 Å². The lowest BCUT2D eigenvalue weighted by Crippen LogP contribution is -2.52. The number of anilines is 4. The van der Waals surface area contributed by atoms with Gasteiger partial charge in [0.1, 0.15) is 18.0 Å². The van der Waals surface area contributed by atoms with E-state index in [1.54, 1.807) is 11.0 Å². The van der Waals surface area contributed by atoms with Crippen molar-refractivity contribution in [2.45, 2.75) is 43.9 Å². The number of aromatic nitrogens is 2. The third-order valence-corrected chi connectivity index (χ3v) is 8.01. The molecule has 0 aliphatic carbocycles. The molecule has 3 fully saturated rings. The number of carbonyl (C=O) groups is 1. The second-order valence-electron chi connectivity index (χ2n) is 10.3. The molecule has 4 heterocycles. The maximum atomic E-state index is 13.6. The molecule has 9 nitrogen and oxygen atoms in total. The number of hydrogen-bond donors (Lipinski definition) is 2. The highest BCUT2D eigenvalue weighted by Gasteiger charge is 2.38. The lowest BCUT2D eigenvalue weighted by molar-refractivity contribution is -0.137. The summed E-state index contributed by atoms with van der Waals surface area (Å²) in [5.41, 5.74) is 0.559. The molecule has 212 valence electrons. The highest BCUT2D eigenvalue weighted by molar-refractivity contribution is 6.33. The van der Waals surface area contributed by atoms with Crippen molar-refractivity contribution in [3.8, 4) is 0 Å². The van der Waals surface area contributed by atoms with Crippen LogP contribution in [-0.2, 0) is 15.7 Å². The summed E-state index contributed by atoms with van der Waals surface area (Å²) in [7, 11) is 2.18. The number of halogens is 4. The van der Waals surface area contributed by atoms with Crippen molar-refractivity contribution in [2.24, 2.45) is 0 Å². The number of rotatable bonds is 8. The van der Waals surface area contributed by atoms with Crippen LogP contribution in [0.4, 0.5) is 36.3 Å². The molecule has 0 saturated carbocycles. The predicted octanol–water partition coefficient (Wildman–Crippen LogP) is 4.23. The molecule has 0 spiro atoms. The van der Waals surface area contributed by atoms with E-state index < -0.39 is 11.7 Å². The Hall–Kier alpha value is -2.83. The van der Waals surface area contributed by atoms with Gasteiger partial charge in [-0.1, -0.05) is 11.6 Å². The fourth-order valence-corrected chi connectivity index (χ4v) is 5.70. The molecule has 3 aliphatic rings. The van der Waals surface area contributed by atoms with Gasteiger partial charge in [0, 0.05) is 63.3 Å². The van der Waals surface area contributed by atoms with Crippen molar-refractivity contribution in [1.82, 2.24) is 19.8 Å². The van der Waals surface area contributed by atoms with Gasteiger partial charge in [0.2, 0.25) is 11.9 Å². The van der Waals surface area contributed by atoms with E-state index in [4.69, 9.17) is 16.3 Å². The standard InChI is InChI=1S/C26H33ClF3N7O2/c1-35-18-4-5-19(35)15-37(14-18)17-6-7-22(21(27)12-17)33-25-32-13-20(26(28,29)30)24(34-25)31-8-2-9-36-10-3-11-39-16-23(36)38/h6-7,12-13,18-19H,2-5,8-11,14-16H2,1H3,(H2,31,32,33,34)/t18-,19+. The number of benzene rings is 1. The van der Waals surface area contributed by atoms with Crippen molar-refractivity contribution in [3.63, 3.8) is 0 Å². The van der Waals surface area contributed by atoms with E-state index in [1.165, 1.54) is 12.8 Å². The number of piperazine rings is 1. The van der Waals surface area contributed by atoms with E-state index in [0.29, 0.717) is 48.9 Å². The highest BCUT2D eigenvalue weighted by Crippen LogP contribution is 2.36. The monoisotopic (exact) mass is 567 g/mol. The van der Waals surface area contributed by atoms with E-state index in [0.717, 1.165) is 31.4 Å². The molecule has 0 radical (unpaired) electrons. The Balaban J connectivity index is 1.24. The summed E-state index contributed by atoms with van der Waals surface area (Å²) in [4.78, 5) is 26.5. The van der Waals surface area contributed by atoms with Crippen molar-refractivity contribution in [3.05, 3.63) is 35.0 Å². The third kappa shape index (κ3) is 6.50. The van der Waals surface area contributed by atoms with Crippen molar-refractivity contribution < 1.29 is 22.7 Å². The van der Waals surface area contributed by atoms with Crippen LogP contribution in [0.15, 0.2) is 24.4 Å². The van der Waals surface area contributed by atoms with Gasteiger partial charge >= 0.3 is 6.18 Å². The molecule has 2 atom stereocenters. The largest absolute Gasteiger partial charge is 0.421 e. The van der Waals surface area contributed by atoms with E-state index >= 15 is 0 Å². The van der Waals surface area contributed by atoms with Crippen LogP contribution in [0.3, 0.4) is 0 Å². The zero-order valence-corrected chi connectivity index (χ0v) is 22.6. The number of carbonyl (C=O) groups excluding carboxylic acids is 1. The Bertz CT molecular complexity index is 1170. The Morgan fingerprint density at radius 1 is 1.21 bits per heavy atom. The summed E-state index contributed by atoms with van der Waals surface area (Å²) < 4.78 is 46.1. The van der Waals surface area contributed by atoms with Gasteiger partial charge in [-0.05, 0) is 50.9 Å². The molecule has 3 saturated heterocycles. The first-order chi connectivity index (χ1) is 18.7. The van der Waals surface area contributed by atoms with Crippen molar-refractivity contribution >= 4 is 40.6 Å². The Labute approximate surface area is 230 Å².